The molecule has 0 atom stereocenters. The fourth-order valence-corrected chi connectivity index (χ4v) is 2.99. The molecule has 0 spiro atoms. The zero-order valence-electron chi connectivity index (χ0n) is 11.5. The van der Waals surface area contributed by atoms with Gasteiger partial charge in [-0.15, -0.1) is 0 Å². The Bertz CT molecular complexity index is 511. The fraction of sp³-hybridized carbons (Fsp3) is 0.533. The first-order chi connectivity index (χ1) is 9.54. The molecule has 5 heteroatoms. The molecule has 3 nitrogen and oxygen atoms in total. The quantitative estimate of drug-likeness (QED) is 0.868. The number of esters is 1. The van der Waals surface area contributed by atoms with Crippen LogP contribution in [0.15, 0.2) is 12.1 Å². The average Bonchev–Trinajstić information content (AvgIpc) is 2.49. The van der Waals surface area contributed by atoms with Gasteiger partial charge in [0.05, 0.1) is 12.7 Å². The van der Waals surface area contributed by atoms with E-state index < -0.39 is 17.6 Å². The highest BCUT2D eigenvalue weighted by Gasteiger charge is 2.34. The Morgan fingerprint density at radius 1 is 1.30 bits per heavy atom. The molecule has 0 heterocycles. The molecule has 1 aromatic rings. The fourth-order valence-electron chi connectivity index (χ4n) is 2.99. The maximum Gasteiger partial charge on any atom is 0.340 e. The van der Waals surface area contributed by atoms with E-state index in [-0.39, 0.29) is 11.0 Å². The van der Waals surface area contributed by atoms with Crippen molar-refractivity contribution in [2.24, 2.45) is 5.73 Å². The van der Waals surface area contributed by atoms with Crippen molar-refractivity contribution in [3.8, 4) is 0 Å². The van der Waals surface area contributed by atoms with E-state index in [4.69, 9.17) is 5.73 Å². The summed E-state index contributed by atoms with van der Waals surface area (Å²) in [6.45, 7) is 0.360. The minimum absolute atomic E-state index is 0.360. The molecule has 1 saturated carbocycles. The maximum atomic E-state index is 13.8. The van der Waals surface area contributed by atoms with Crippen molar-refractivity contribution in [1.82, 2.24) is 0 Å². The van der Waals surface area contributed by atoms with E-state index in [1.807, 2.05) is 0 Å². The third-order valence-corrected chi connectivity index (χ3v) is 4.25. The van der Waals surface area contributed by atoms with Crippen molar-refractivity contribution in [3.05, 3.63) is 34.9 Å². The van der Waals surface area contributed by atoms with Gasteiger partial charge in [-0.25, -0.2) is 13.6 Å². The lowest BCUT2D eigenvalue weighted by Crippen LogP contribution is -2.37. The lowest BCUT2D eigenvalue weighted by Gasteiger charge is -2.37. The van der Waals surface area contributed by atoms with Crippen LogP contribution in [0.4, 0.5) is 8.78 Å². The summed E-state index contributed by atoms with van der Waals surface area (Å²) in [6.07, 6.45) is 4.78. The average molecular weight is 283 g/mol. The Kier molecular flexibility index (Phi) is 4.38. The molecule has 1 fully saturated rings. The van der Waals surface area contributed by atoms with Gasteiger partial charge >= 0.3 is 5.97 Å². The molecule has 1 aliphatic carbocycles. The predicted molar refractivity (Wildman–Crippen MR) is 71.5 cm³/mol. The van der Waals surface area contributed by atoms with Gasteiger partial charge in [-0.3, -0.25) is 0 Å². The van der Waals surface area contributed by atoms with E-state index in [9.17, 15) is 13.6 Å². The highest BCUT2D eigenvalue weighted by atomic mass is 19.2. The highest BCUT2D eigenvalue weighted by Crippen LogP contribution is 2.39. The first-order valence-electron chi connectivity index (χ1n) is 6.82. The van der Waals surface area contributed by atoms with Crippen molar-refractivity contribution >= 4 is 5.97 Å². The van der Waals surface area contributed by atoms with Crippen LogP contribution in [-0.4, -0.2) is 19.6 Å². The number of methoxy groups -OCH3 is 1. The second-order valence-corrected chi connectivity index (χ2v) is 5.36. The number of ether oxygens (including phenoxy) is 1. The van der Waals surface area contributed by atoms with Crippen LogP contribution in [0.1, 0.15) is 48.0 Å². The van der Waals surface area contributed by atoms with Gasteiger partial charge in [0.15, 0.2) is 11.6 Å². The Labute approximate surface area is 117 Å². The number of benzene rings is 1. The molecule has 0 aromatic heterocycles. The molecule has 0 unspecified atom stereocenters. The number of rotatable bonds is 3. The lowest BCUT2D eigenvalue weighted by atomic mass is 9.69. The Hall–Kier alpha value is -1.49. The molecule has 0 bridgehead atoms. The van der Waals surface area contributed by atoms with Gasteiger partial charge < -0.3 is 10.5 Å². The number of carbonyl (C=O) groups is 1. The monoisotopic (exact) mass is 283 g/mol. The second-order valence-electron chi connectivity index (χ2n) is 5.36. The Balaban J connectivity index is 2.51. The van der Waals surface area contributed by atoms with Crippen molar-refractivity contribution in [2.75, 3.05) is 13.7 Å². The van der Waals surface area contributed by atoms with Crippen LogP contribution in [0.5, 0.6) is 0 Å². The number of nitrogens with two attached hydrogens (primary N) is 1. The van der Waals surface area contributed by atoms with Crippen molar-refractivity contribution < 1.29 is 18.3 Å². The number of hydrogen-bond acceptors (Lipinski definition) is 3. The van der Waals surface area contributed by atoms with E-state index in [1.54, 1.807) is 0 Å². The molecular weight excluding hydrogens is 264 g/mol. The molecule has 0 radical (unpaired) electrons. The molecule has 0 amide bonds. The molecule has 0 saturated heterocycles. The summed E-state index contributed by atoms with van der Waals surface area (Å²) in [4.78, 5) is 11.6. The highest BCUT2D eigenvalue weighted by molar-refractivity contribution is 5.90. The van der Waals surface area contributed by atoms with Crippen LogP contribution in [-0.2, 0) is 10.2 Å². The van der Waals surface area contributed by atoms with Crippen LogP contribution < -0.4 is 5.73 Å². The van der Waals surface area contributed by atoms with Gasteiger partial charge in [-0.2, -0.15) is 0 Å². The number of carbonyl (C=O) groups excluding carboxylic acids is 1. The largest absolute Gasteiger partial charge is 0.465 e. The van der Waals surface area contributed by atoms with Crippen molar-refractivity contribution in [3.63, 3.8) is 0 Å². The zero-order chi connectivity index (χ0) is 14.8. The molecule has 0 aliphatic heterocycles. The SMILES string of the molecule is COC(=O)c1cc(C2(CN)CCCCC2)cc(F)c1F. The van der Waals surface area contributed by atoms with E-state index in [1.165, 1.54) is 12.1 Å². The normalized spacial score (nSPS) is 17.8. The first-order valence-corrected chi connectivity index (χ1v) is 6.82. The van der Waals surface area contributed by atoms with Gasteiger partial charge in [0.2, 0.25) is 0 Å². The predicted octanol–water partition coefficient (Wildman–Crippen LogP) is 2.91. The lowest BCUT2D eigenvalue weighted by molar-refractivity contribution is 0.0594. The minimum Gasteiger partial charge on any atom is -0.465 e. The third-order valence-electron chi connectivity index (χ3n) is 4.25. The summed E-state index contributed by atoms with van der Waals surface area (Å²) in [6, 6.07) is 2.56. The Morgan fingerprint density at radius 3 is 2.50 bits per heavy atom. The first kappa shape index (κ1) is 14.9. The van der Waals surface area contributed by atoms with Gasteiger partial charge in [-0.1, -0.05) is 19.3 Å². The molecule has 1 aromatic carbocycles. The summed E-state index contributed by atoms with van der Waals surface area (Å²) in [7, 11) is 1.14. The summed E-state index contributed by atoms with van der Waals surface area (Å²) < 4.78 is 32.0. The molecule has 20 heavy (non-hydrogen) atoms. The van der Waals surface area contributed by atoms with Crippen LogP contribution in [0, 0.1) is 11.6 Å². The van der Waals surface area contributed by atoms with E-state index in [2.05, 4.69) is 4.74 Å². The van der Waals surface area contributed by atoms with Gasteiger partial charge in [0, 0.05) is 12.0 Å². The van der Waals surface area contributed by atoms with E-state index in [0.717, 1.165) is 39.2 Å². The van der Waals surface area contributed by atoms with Gasteiger partial charge in [-0.05, 0) is 30.5 Å². The number of halogens is 2. The smallest absolute Gasteiger partial charge is 0.340 e. The third kappa shape index (κ3) is 2.54. The Morgan fingerprint density at radius 2 is 1.95 bits per heavy atom. The summed E-state index contributed by atoms with van der Waals surface area (Å²) >= 11 is 0. The van der Waals surface area contributed by atoms with Crippen molar-refractivity contribution in [1.29, 1.82) is 0 Å². The van der Waals surface area contributed by atoms with Crippen LogP contribution in [0.25, 0.3) is 0 Å². The molecule has 2 N–H and O–H groups in total. The molecule has 2 rings (SSSR count). The van der Waals surface area contributed by atoms with Crippen LogP contribution in [0.3, 0.4) is 0 Å². The molecule has 110 valence electrons. The van der Waals surface area contributed by atoms with Gasteiger partial charge in [0.25, 0.3) is 0 Å². The standard InChI is InChI=1S/C15H19F2NO2/c1-20-14(19)11-7-10(8-12(16)13(11)17)15(9-18)5-3-2-4-6-15/h7-8H,2-6,9,18H2,1H3. The van der Waals surface area contributed by atoms with Crippen LogP contribution in [0.2, 0.25) is 0 Å². The maximum absolute atomic E-state index is 13.8. The number of hydrogen-bond donors (Lipinski definition) is 1. The molecule has 1 aliphatic rings. The van der Waals surface area contributed by atoms with E-state index >= 15 is 0 Å². The second kappa shape index (κ2) is 5.87. The summed E-state index contributed by atoms with van der Waals surface area (Å²) in [5, 5.41) is 0. The van der Waals surface area contributed by atoms with Crippen molar-refractivity contribution in [2.45, 2.75) is 37.5 Å². The minimum atomic E-state index is -1.16. The summed E-state index contributed by atoms with van der Waals surface area (Å²) in [5.74, 6) is -3.06. The van der Waals surface area contributed by atoms with Crippen LogP contribution >= 0.6 is 0 Å². The molecular formula is C15H19F2NO2. The van der Waals surface area contributed by atoms with E-state index in [0.29, 0.717) is 12.1 Å². The zero-order valence-corrected chi connectivity index (χ0v) is 11.5. The van der Waals surface area contributed by atoms with Gasteiger partial charge in [0.1, 0.15) is 0 Å². The topological polar surface area (TPSA) is 52.3 Å². The summed E-state index contributed by atoms with van der Waals surface area (Å²) in [5.41, 5.74) is 5.76.